The van der Waals surface area contributed by atoms with Crippen LogP contribution in [-0.2, 0) is 26.9 Å². The lowest BCUT2D eigenvalue weighted by atomic mass is 10.3. The summed E-state index contributed by atoms with van der Waals surface area (Å²) in [5.74, 6) is 0.468. The molecular formula is C8H14ClN3O3S. The van der Waals surface area contributed by atoms with Gasteiger partial charge in [0.2, 0.25) is 0 Å². The molecule has 0 aromatic carbocycles. The van der Waals surface area contributed by atoms with Crippen LogP contribution < -0.4 is 0 Å². The molecule has 0 aliphatic heterocycles. The van der Waals surface area contributed by atoms with Gasteiger partial charge in [-0.2, -0.15) is 0 Å². The van der Waals surface area contributed by atoms with E-state index in [1.807, 2.05) is 6.92 Å². The summed E-state index contributed by atoms with van der Waals surface area (Å²) in [5.41, 5.74) is 0. The van der Waals surface area contributed by atoms with Gasteiger partial charge >= 0.3 is 0 Å². The quantitative estimate of drug-likeness (QED) is 0.723. The molecule has 0 amide bonds. The van der Waals surface area contributed by atoms with Gasteiger partial charge in [0, 0.05) is 24.3 Å². The highest BCUT2D eigenvalue weighted by atomic mass is 35.7. The van der Waals surface area contributed by atoms with Gasteiger partial charge < -0.3 is 4.74 Å². The number of nitrogens with zero attached hydrogens (tertiary/aromatic N) is 3. The van der Waals surface area contributed by atoms with E-state index in [4.69, 9.17) is 15.4 Å². The first-order chi connectivity index (χ1) is 7.50. The predicted octanol–water partition coefficient (Wildman–Crippen LogP) is 1.15. The van der Waals surface area contributed by atoms with Crippen molar-refractivity contribution in [3.63, 3.8) is 0 Å². The Morgan fingerprint density at radius 1 is 1.44 bits per heavy atom. The van der Waals surface area contributed by atoms with E-state index in [0.29, 0.717) is 12.4 Å². The minimum absolute atomic E-state index is 0.211. The Morgan fingerprint density at radius 2 is 2.12 bits per heavy atom. The highest BCUT2D eigenvalue weighted by Gasteiger charge is 2.21. The fourth-order valence-electron chi connectivity index (χ4n) is 1.28. The van der Waals surface area contributed by atoms with E-state index in [2.05, 4.69) is 10.2 Å². The van der Waals surface area contributed by atoms with Crippen LogP contribution in [0.4, 0.5) is 0 Å². The number of hydrogen-bond acceptors (Lipinski definition) is 5. The minimum Gasteiger partial charge on any atom is -0.377 e. The van der Waals surface area contributed by atoms with Crippen molar-refractivity contribution >= 4 is 19.7 Å². The second-order valence-corrected chi connectivity index (χ2v) is 5.73. The summed E-state index contributed by atoms with van der Waals surface area (Å²) in [5, 5.41) is 7.11. The molecule has 0 aliphatic rings. The topological polar surface area (TPSA) is 74.1 Å². The van der Waals surface area contributed by atoms with Crippen molar-refractivity contribution in [2.45, 2.75) is 38.1 Å². The average molecular weight is 268 g/mol. The summed E-state index contributed by atoms with van der Waals surface area (Å²) < 4.78 is 28.9. The van der Waals surface area contributed by atoms with Crippen LogP contribution in [0.15, 0.2) is 5.16 Å². The zero-order valence-corrected chi connectivity index (χ0v) is 10.8. The maximum absolute atomic E-state index is 11.2. The van der Waals surface area contributed by atoms with Crippen LogP contribution in [0.1, 0.15) is 25.6 Å². The van der Waals surface area contributed by atoms with Gasteiger partial charge in [0.05, 0.1) is 0 Å². The van der Waals surface area contributed by atoms with Crippen LogP contribution in [0, 0.1) is 0 Å². The van der Waals surface area contributed by atoms with E-state index in [1.54, 1.807) is 0 Å². The Kier molecular flexibility index (Phi) is 4.69. The molecule has 0 aliphatic carbocycles. The maximum atomic E-state index is 11.2. The summed E-state index contributed by atoms with van der Waals surface area (Å²) in [4.78, 5) is 0. The smallest absolute Gasteiger partial charge is 0.296 e. The highest BCUT2D eigenvalue weighted by Crippen LogP contribution is 2.15. The lowest BCUT2D eigenvalue weighted by molar-refractivity contribution is 0.173. The fraction of sp³-hybridized carbons (Fsp3) is 0.750. The normalized spacial score (nSPS) is 11.9. The Labute approximate surface area is 99.0 Å². The van der Waals surface area contributed by atoms with E-state index in [9.17, 15) is 8.42 Å². The summed E-state index contributed by atoms with van der Waals surface area (Å²) >= 11 is 0. The molecule has 6 nitrogen and oxygen atoms in total. The molecule has 0 fully saturated rings. The Balaban J connectivity index is 3.09. The molecule has 1 aromatic heterocycles. The largest absolute Gasteiger partial charge is 0.377 e. The molecule has 0 saturated heterocycles. The van der Waals surface area contributed by atoms with Gasteiger partial charge in [-0.05, 0) is 6.42 Å². The van der Waals surface area contributed by atoms with Gasteiger partial charge in [-0.25, -0.2) is 8.42 Å². The minimum atomic E-state index is -3.86. The van der Waals surface area contributed by atoms with Crippen LogP contribution in [-0.4, -0.2) is 30.3 Å². The third-order valence-corrected chi connectivity index (χ3v) is 3.17. The number of aromatic nitrogens is 3. The number of unbranched alkanes of at least 4 members (excludes halogenated alkanes) is 1. The van der Waals surface area contributed by atoms with Crippen molar-refractivity contribution in [2.24, 2.45) is 0 Å². The second-order valence-electron chi connectivity index (χ2n) is 3.27. The molecule has 0 spiro atoms. The van der Waals surface area contributed by atoms with Crippen molar-refractivity contribution in [1.29, 1.82) is 0 Å². The third-order valence-electron chi connectivity index (χ3n) is 2.02. The number of hydrogen-bond donors (Lipinski definition) is 0. The lowest BCUT2D eigenvalue weighted by Gasteiger charge is -2.06. The number of rotatable bonds is 6. The van der Waals surface area contributed by atoms with Gasteiger partial charge in [0.25, 0.3) is 14.2 Å². The monoisotopic (exact) mass is 267 g/mol. The van der Waals surface area contributed by atoms with E-state index < -0.39 is 9.05 Å². The van der Waals surface area contributed by atoms with E-state index in [0.717, 1.165) is 12.8 Å². The van der Waals surface area contributed by atoms with Gasteiger partial charge in [-0.1, -0.05) is 13.3 Å². The zero-order valence-electron chi connectivity index (χ0n) is 9.18. The maximum Gasteiger partial charge on any atom is 0.296 e. The summed E-state index contributed by atoms with van der Waals surface area (Å²) in [7, 11) is 2.92. The second kappa shape index (κ2) is 5.60. The SMILES string of the molecule is CCCCn1c(COC)nnc1S(=O)(=O)Cl. The Hall–Kier alpha value is -0.660. The molecule has 16 heavy (non-hydrogen) atoms. The standard InChI is InChI=1S/C8H14ClN3O3S/c1-3-4-5-12-7(6-15-2)10-11-8(12)16(9,13)14/h3-6H2,1-2H3. The molecule has 1 rings (SSSR count). The molecule has 0 radical (unpaired) electrons. The molecule has 0 N–H and O–H groups in total. The van der Waals surface area contributed by atoms with Crippen LogP contribution in [0.3, 0.4) is 0 Å². The van der Waals surface area contributed by atoms with Crippen LogP contribution in [0.25, 0.3) is 0 Å². The molecule has 0 atom stereocenters. The summed E-state index contributed by atoms with van der Waals surface area (Å²) in [6.45, 7) is 2.74. The molecule has 1 aromatic rings. The van der Waals surface area contributed by atoms with Crippen molar-refractivity contribution < 1.29 is 13.2 Å². The molecule has 0 unspecified atom stereocenters. The molecule has 1 heterocycles. The first-order valence-electron chi connectivity index (χ1n) is 4.86. The van der Waals surface area contributed by atoms with Crippen LogP contribution in [0.2, 0.25) is 0 Å². The van der Waals surface area contributed by atoms with Gasteiger partial charge in [0.15, 0.2) is 5.82 Å². The van der Waals surface area contributed by atoms with Crippen molar-refractivity contribution in [2.75, 3.05) is 7.11 Å². The lowest BCUT2D eigenvalue weighted by Crippen LogP contribution is -2.10. The van der Waals surface area contributed by atoms with Crippen molar-refractivity contribution in [1.82, 2.24) is 14.8 Å². The Morgan fingerprint density at radius 3 is 2.62 bits per heavy atom. The number of methoxy groups -OCH3 is 1. The third kappa shape index (κ3) is 3.16. The van der Waals surface area contributed by atoms with Gasteiger partial charge in [-0.3, -0.25) is 4.57 Å². The zero-order chi connectivity index (χ0) is 12.2. The fourth-order valence-corrected chi connectivity index (χ4v) is 2.22. The molecular weight excluding hydrogens is 254 g/mol. The Bertz CT molecular complexity index is 443. The predicted molar refractivity (Wildman–Crippen MR) is 58.7 cm³/mol. The van der Waals surface area contributed by atoms with Crippen LogP contribution >= 0.6 is 10.7 Å². The molecule has 92 valence electrons. The van der Waals surface area contributed by atoms with E-state index in [-0.39, 0.29) is 11.8 Å². The number of ether oxygens (including phenoxy) is 1. The van der Waals surface area contributed by atoms with Gasteiger partial charge in [0.1, 0.15) is 6.61 Å². The molecule has 8 heteroatoms. The highest BCUT2D eigenvalue weighted by molar-refractivity contribution is 8.13. The van der Waals surface area contributed by atoms with E-state index in [1.165, 1.54) is 11.7 Å². The first kappa shape index (κ1) is 13.4. The average Bonchev–Trinajstić information content (AvgIpc) is 2.58. The van der Waals surface area contributed by atoms with Crippen LogP contribution in [0.5, 0.6) is 0 Å². The molecule has 0 saturated carbocycles. The van der Waals surface area contributed by atoms with Crippen molar-refractivity contribution in [3.05, 3.63) is 5.82 Å². The van der Waals surface area contributed by atoms with Crippen molar-refractivity contribution in [3.8, 4) is 0 Å². The number of halogens is 1. The first-order valence-corrected chi connectivity index (χ1v) is 7.17. The molecule has 0 bridgehead atoms. The van der Waals surface area contributed by atoms with Gasteiger partial charge in [-0.15, -0.1) is 10.2 Å². The summed E-state index contributed by atoms with van der Waals surface area (Å²) in [6, 6.07) is 0. The summed E-state index contributed by atoms with van der Waals surface area (Å²) in [6.07, 6.45) is 1.76. The van der Waals surface area contributed by atoms with E-state index >= 15 is 0 Å².